The third kappa shape index (κ3) is 5.35. The molecule has 1 amide bonds. The second kappa shape index (κ2) is 8.76. The lowest BCUT2D eigenvalue weighted by Crippen LogP contribution is -2.31. The fourth-order valence-corrected chi connectivity index (χ4v) is 1.99. The molecule has 0 aliphatic carbocycles. The Morgan fingerprint density at radius 1 is 1.35 bits per heavy atom. The minimum atomic E-state index is -0.492. The standard InChI is InChI=1S/C15H26N2O3/c1-4-7-12(18)10-16-15(19)14-9-8-13(20-14)11-17(5-2)6-3/h8-9,12,18H,4-7,10-11H2,1-3H3,(H,16,19). The zero-order valence-corrected chi connectivity index (χ0v) is 12.7. The summed E-state index contributed by atoms with van der Waals surface area (Å²) in [5.41, 5.74) is 0. The number of rotatable bonds is 9. The molecule has 0 aliphatic rings. The Balaban J connectivity index is 2.47. The fourth-order valence-electron chi connectivity index (χ4n) is 1.99. The van der Waals surface area contributed by atoms with Crippen LogP contribution < -0.4 is 5.32 Å². The second-order valence-electron chi connectivity index (χ2n) is 4.88. The summed E-state index contributed by atoms with van der Waals surface area (Å²) in [5.74, 6) is 0.815. The number of hydrogen-bond donors (Lipinski definition) is 2. The molecule has 114 valence electrons. The number of aliphatic hydroxyl groups excluding tert-OH is 1. The molecule has 1 heterocycles. The molecule has 0 spiro atoms. The first kappa shape index (κ1) is 16.7. The van der Waals surface area contributed by atoms with Crippen LogP contribution in [0.5, 0.6) is 0 Å². The van der Waals surface area contributed by atoms with Crippen LogP contribution in [0, 0.1) is 0 Å². The minimum Gasteiger partial charge on any atom is -0.455 e. The van der Waals surface area contributed by atoms with Gasteiger partial charge >= 0.3 is 0 Å². The van der Waals surface area contributed by atoms with Crippen molar-refractivity contribution < 1.29 is 14.3 Å². The summed E-state index contributed by atoms with van der Waals surface area (Å²) in [6.07, 6.45) is 1.09. The molecule has 2 N–H and O–H groups in total. The van der Waals surface area contributed by atoms with Crippen molar-refractivity contribution in [1.29, 1.82) is 0 Å². The molecule has 1 atom stereocenters. The van der Waals surface area contributed by atoms with Crippen LogP contribution in [0.2, 0.25) is 0 Å². The van der Waals surface area contributed by atoms with Crippen molar-refractivity contribution in [3.05, 3.63) is 23.7 Å². The van der Waals surface area contributed by atoms with Crippen LogP contribution in [0.15, 0.2) is 16.5 Å². The van der Waals surface area contributed by atoms with Gasteiger partial charge in [0, 0.05) is 6.54 Å². The number of hydrogen-bond acceptors (Lipinski definition) is 4. The van der Waals surface area contributed by atoms with Crippen LogP contribution >= 0.6 is 0 Å². The molecule has 0 bridgehead atoms. The van der Waals surface area contributed by atoms with Gasteiger partial charge in [-0.2, -0.15) is 0 Å². The number of nitrogens with one attached hydrogen (secondary N) is 1. The van der Waals surface area contributed by atoms with Gasteiger partial charge in [-0.15, -0.1) is 0 Å². The molecule has 1 aromatic rings. The summed E-state index contributed by atoms with van der Waals surface area (Å²) in [6, 6.07) is 3.51. The molecule has 5 nitrogen and oxygen atoms in total. The van der Waals surface area contributed by atoms with Gasteiger partial charge in [0.1, 0.15) is 5.76 Å². The van der Waals surface area contributed by atoms with Gasteiger partial charge < -0.3 is 14.8 Å². The molecule has 1 unspecified atom stereocenters. The summed E-state index contributed by atoms with van der Waals surface area (Å²) < 4.78 is 5.54. The Morgan fingerprint density at radius 2 is 2.05 bits per heavy atom. The van der Waals surface area contributed by atoms with E-state index < -0.39 is 6.10 Å². The predicted octanol–water partition coefficient (Wildman–Crippen LogP) is 2.01. The van der Waals surface area contributed by atoms with E-state index in [1.54, 1.807) is 6.07 Å². The highest BCUT2D eigenvalue weighted by Crippen LogP contribution is 2.10. The molecule has 5 heteroatoms. The molecule has 1 aromatic heterocycles. The minimum absolute atomic E-state index is 0.263. The molecular weight excluding hydrogens is 256 g/mol. The van der Waals surface area contributed by atoms with Crippen molar-refractivity contribution in [3.8, 4) is 0 Å². The van der Waals surface area contributed by atoms with Gasteiger partial charge in [0.05, 0.1) is 12.6 Å². The quantitative estimate of drug-likeness (QED) is 0.727. The van der Waals surface area contributed by atoms with Crippen molar-refractivity contribution in [3.63, 3.8) is 0 Å². The van der Waals surface area contributed by atoms with Crippen molar-refractivity contribution in [2.75, 3.05) is 19.6 Å². The summed E-state index contributed by atoms with van der Waals surface area (Å²) in [7, 11) is 0. The normalized spacial score (nSPS) is 12.7. The highest BCUT2D eigenvalue weighted by atomic mass is 16.4. The van der Waals surface area contributed by atoms with Crippen molar-refractivity contribution in [1.82, 2.24) is 10.2 Å². The fraction of sp³-hybridized carbons (Fsp3) is 0.667. The molecule has 0 aromatic carbocycles. The summed E-state index contributed by atoms with van der Waals surface area (Å²) in [4.78, 5) is 14.1. The van der Waals surface area contributed by atoms with E-state index in [1.807, 2.05) is 13.0 Å². The lowest BCUT2D eigenvalue weighted by molar-refractivity contribution is 0.0879. The van der Waals surface area contributed by atoms with Crippen LogP contribution in [-0.2, 0) is 6.54 Å². The van der Waals surface area contributed by atoms with Crippen LogP contribution in [0.4, 0.5) is 0 Å². The van der Waals surface area contributed by atoms with E-state index in [9.17, 15) is 9.90 Å². The van der Waals surface area contributed by atoms with E-state index in [0.717, 1.165) is 25.3 Å². The number of nitrogens with zero attached hydrogens (tertiary/aromatic N) is 1. The number of aliphatic hydroxyl groups is 1. The van der Waals surface area contributed by atoms with Gasteiger partial charge in [-0.3, -0.25) is 9.69 Å². The van der Waals surface area contributed by atoms with Crippen LogP contribution in [-0.4, -0.2) is 41.7 Å². The van der Waals surface area contributed by atoms with Crippen LogP contribution in [0.3, 0.4) is 0 Å². The first-order valence-corrected chi connectivity index (χ1v) is 7.37. The topological polar surface area (TPSA) is 65.7 Å². The van der Waals surface area contributed by atoms with E-state index in [0.29, 0.717) is 18.7 Å². The van der Waals surface area contributed by atoms with Gasteiger partial charge in [-0.05, 0) is 31.6 Å². The monoisotopic (exact) mass is 282 g/mol. The maximum Gasteiger partial charge on any atom is 0.287 e. The Kier molecular flexibility index (Phi) is 7.33. The van der Waals surface area contributed by atoms with E-state index in [4.69, 9.17) is 4.42 Å². The molecule has 20 heavy (non-hydrogen) atoms. The average molecular weight is 282 g/mol. The van der Waals surface area contributed by atoms with E-state index in [-0.39, 0.29) is 12.5 Å². The zero-order chi connectivity index (χ0) is 15.0. The highest BCUT2D eigenvalue weighted by Gasteiger charge is 2.13. The SMILES string of the molecule is CCCC(O)CNC(=O)c1ccc(CN(CC)CC)o1. The van der Waals surface area contributed by atoms with Gasteiger partial charge in [0.15, 0.2) is 5.76 Å². The summed E-state index contributed by atoms with van der Waals surface area (Å²) in [5, 5.41) is 12.3. The molecule has 0 aliphatic heterocycles. The lowest BCUT2D eigenvalue weighted by Gasteiger charge is -2.15. The molecule has 0 radical (unpaired) electrons. The van der Waals surface area contributed by atoms with Crippen molar-refractivity contribution in [2.24, 2.45) is 0 Å². The molecule has 0 saturated heterocycles. The Labute approximate surface area is 121 Å². The molecule has 0 saturated carbocycles. The van der Waals surface area contributed by atoms with Gasteiger partial charge in [0.25, 0.3) is 5.91 Å². The zero-order valence-electron chi connectivity index (χ0n) is 12.7. The van der Waals surface area contributed by atoms with Crippen molar-refractivity contribution >= 4 is 5.91 Å². The van der Waals surface area contributed by atoms with Crippen LogP contribution in [0.1, 0.15) is 49.9 Å². The Bertz CT molecular complexity index is 400. The first-order chi connectivity index (χ1) is 9.60. The Hall–Kier alpha value is -1.33. The van der Waals surface area contributed by atoms with Crippen LogP contribution in [0.25, 0.3) is 0 Å². The smallest absolute Gasteiger partial charge is 0.287 e. The first-order valence-electron chi connectivity index (χ1n) is 7.37. The van der Waals surface area contributed by atoms with E-state index >= 15 is 0 Å². The van der Waals surface area contributed by atoms with E-state index in [2.05, 4.69) is 24.1 Å². The lowest BCUT2D eigenvalue weighted by atomic mass is 10.2. The number of amides is 1. The van der Waals surface area contributed by atoms with Crippen molar-refractivity contribution in [2.45, 2.75) is 46.3 Å². The molecule has 0 fully saturated rings. The van der Waals surface area contributed by atoms with E-state index in [1.165, 1.54) is 0 Å². The summed E-state index contributed by atoms with van der Waals surface area (Å²) in [6.45, 7) is 9.04. The second-order valence-corrected chi connectivity index (χ2v) is 4.88. The predicted molar refractivity (Wildman–Crippen MR) is 78.6 cm³/mol. The highest BCUT2D eigenvalue weighted by molar-refractivity contribution is 5.91. The third-order valence-electron chi connectivity index (χ3n) is 3.28. The van der Waals surface area contributed by atoms with Gasteiger partial charge in [-0.1, -0.05) is 27.2 Å². The largest absolute Gasteiger partial charge is 0.455 e. The number of carbonyl (C=O) groups is 1. The van der Waals surface area contributed by atoms with Gasteiger partial charge in [0.2, 0.25) is 0 Å². The molecule has 1 rings (SSSR count). The number of carbonyl (C=O) groups excluding carboxylic acids is 1. The maximum atomic E-state index is 11.9. The average Bonchev–Trinajstić information content (AvgIpc) is 2.91. The number of furan rings is 1. The maximum absolute atomic E-state index is 11.9. The summed E-state index contributed by atoms with van der Waals surface area (Å²) >= 11 is 0. The third-order valence-corrected chi connectivity index (χ3v) is 3.28. The Morgan fingerprint density at radius 3 is 2.65 bits per heavy atom. The molecular formula is C15H26N2O3. The van der Waals surface area contributed by atoms with Gasteiger partial charge in [-0.25, -0.2) is 0 Å².